The van der Waals surface area contributed by atoms with Gasteiger partial charge in [-0.3, -0.25) is 0 Å². The van der Waals surface area contributed by atoms with Crippen LogP contribution >= 0.6 is 11.3 Å². The number of hydrogen-bond donors (Lipinski definition) is 1. The van der Waals surface area contributed by atoms with E-state index >= 15 is 0 Å². The standard InChI is InChI=1S/C14H20N2O2S/c1-3-15-7-12-6-13(18-8-12)9-17-5-4-14-11(2)16-10-19-14/h6,8,10,15H,3-5,7,9H2,1-2H3. The monoisotopic (exact) mass is 280 g/mol. The molecule has 0 aromatic carbocycles. The molecule has 5 heteroatoms. The first-order valence-corrected chi connectivity index (χ1v) is 7.41. The molecular weight excluding hydrogens is 260 g/mol. The summed E-state index contributed by atoms with van der Waals surface area (Å²) in [5, 5.41) is 3.26. The Balaban J connectivity index is 1.68. The molecule has 0 aliphatic carbocycles. The lowest BCUT2D eigenvalue weighted by Crippen LogP contribution is -2.10. The van der Waals surface area contributed by atoms with Crippen LogP contribution in [0.4, 0.5) is 0 Å². The fourth-order valence-corrected chi connectivity index (χ4v) is 2.53. The number of aryl methyl sites for hydroxylation is 1. The van der Waals surface area contributed by atoms with Gasteiger partial charge in [0.15, 0.2) is 0 Å². The van der Waals surface area contributed by atoms with Crippen LogP contribution in [0, 0.1) is 6.92 Å². The summed E-state index contributed by atoms with van der Waals surface area (Å²) in [6, 6.07) is 2.04. The maximum Gasteiger partial charge on any atom is 0.129 e. The average Bonchev–Trinajstić information content (AvgIpc) is 3.02. The van der Waals surface area contributed by atoms with Crippen LogP contribution < -0.4 is 5.32 Å². The van der Waals surface area contributed by atoms with Crippen LogP contribution in [0.2, 0.25) is 0 Å². The summed E-state index contributed by atoms with van der Waals surface area (Å²) in [6.07, 6.45) is 2.70. The zero-order valence-electron chi connectivity index (χ0n) is 11.4. The van der Waals surface area contributed by atoms with Gasteiger partial charge in [0.05, 0.1) is 24.1 Å². The number of aromatic nitrogens is 1. The van der Waals surface area contributed by atoms with E-state index < -0.39 is 0 Å². The van der Waals surface area contributed by atoms with Crippen LogP contribution in [0.15, 0.2) is 22.3 Å². The lowest BCUT2D eigenvalue weighted by atomic mass is 10.3. The van der Waals surface area contributed by atoms with Gasteiger partial charge in [-0.15, -0.1) is 11.3 Å². The minimum Gasteiger partial charge on any atom is -0.467 e. The van der Waals surface area contributed by atoms with E-state index in [-0.39, 0.29) is 0 Å². The van der Waals surface area contributed by atoms with Gasteiger partial charge in [0, 0.05) is 23.4 Å². The van der Waals surface area contributed by atoms with E-state index in [4.69, 9.17) is 9.15 Å². The van der Waals surface area contributed by atoms with Gasteiger partial charge in [-0.25, -0.2) is 4.98 Å². The molecule has 1 N–H and O–H groups in total. The van der Waals surface area contributed by atoms with Crippen molar-refractivity contribution in [1.29, 1.82) is 0 Å². The van der Waals surface area contributed by atoms with Crippen molar-refractivity contribution in [2.75, 3.05) is 13.2 Å². The third-order valence-electron chi connectivity index (χ3n) is 2.85. The molecule has 0 saturated heterocycles. The van der Waals surface area contributed by atoms with Crippen molar-refractivity contribution in [2.45, 2.75) is 33.4 Å². The van der Waals surface area contributed by atoms with Crippen molar-refractivity contribution in [3.8, 4) is 0 Å². The SMILES string of the molecule is CCNCc1coc(COCCc2scnc2C)c1. The highest BCUT2D eigenvalue weighted by Gasteiger charge is 2.04. The molecule has 0 unspecified atom stereocenters. The van der Waals surface area contributed by atoms with Gasteiger partial charge in [0.25, 0.3) is 0 Å². The third kappa shape index (κ3) is 4.45. The summed E-state index contributed by atoms with van der Waals surface area (Å²) in [5.74, 6) is 0.883. The molecule has 2 aromatic rings. The maximum atomic E-state index is 5.63. The van der Waals surface area contributed by atoms with Gasteiger partial charge in [-0.05, 0) is 19.5 Å². The molecule has 104 valence electrons. The second-order valence-electron chi connectivity index (χ2n) is 4.37. The first-order chi connectivity index (χ1) is 9.29. The summed E-state index contributed by atoms with van der Waals surface area (Å²) in [4.78, 5) is 5.52. The first-order valence-electron chi connectivity index (χ1n) is 6.53. The zero-order valence-corrected chi connectivity index (χ0v) is 12.3. The minimum absolute atomic E-state index is 0.532. The molecular formula is C14H20N2O2S. The predicted octanol–water partition coefficient (Wildman–Crippen LogP) is 2.91. The summed E-state index contributed by atoms with van der Waals surface area (Å²) in [6.45, 7) is 7.17. The van der Waals surface area contributed by atoms with Crippen molar-refractivity contribution in [1.82, 2.24) is 10.3 Å². The summed E-state index contributed by atoms with van der Waals surface area (Å²) in [5.41, 5.74) is 4.16. The Morgan fingerprint density at radius 3 is 3.11 bits per heavy atom. The van der Waals surface area contributed by atoms with Gasteiger partial charge in [-0.2, -0.15) is 0 Å². The molecule has 2 aromatic heterocycles. The topological polar surface area (TPSA) is 47.3 Å². The quantitative estimate of drug-likeness (QED) is 0.755. The van der Waals surface area contributed by atoms with Crippen molar-refractivity contribution in [2.24, 2.45) is 0 Å². The van der Waals surface area contributed by atoms with Crippen LogP contribution in [0.25, 0.3) is 0 Å². The van der Waals surface area contributed by atoms with E-state index in [0.29, 0.717) is 13.2 Å². The fourth-order valence-electron chi connectivity index (χ4n) is 1.77. The summed E-state index contributed by atoms with van der Waals surface area (Å²) in [7, 11) is 0. The lowest BCUT2D eigenvalue weighted by Gasteiger charge is -2.01. The number of nitrogens with one attached hydrogen (secondary N) is 1. The Morgan fingerprint density at radius 2 is 2.37 bits per heavy atom. The maximum absolute atomic E-state index is 5.63. The predicted molar refractivity (Wildman–Crippen MR) is 76.3 cm³/mol. The largest absolute Gasteiger partial charge is 0.467 e. The van der Waals surface area contributed by atoms with Gasteiger partial charge in [-0.1, -0.05) is 6.92 Å². The average molecular weight is 280 g/mol. The number of nitrogens with zero attached hydrogens (tertiary/aromatic N) is 1. The Labute approximate surface area is 117 Å². The van der Waals surface area contributed by atoms with E-state index in [0.717, 1.165) is 31.0 Å². The Morgan fingerprint density at radius 1 is 1.47 bits per heavy atom. The smallest absolute Gasteiger partial charge is 0.129 e. The molecule has 0 saturated carbocycles. The van der Waals surface area contributed by atoms with Crippen LogP contribution in [0.3, 0.4) is 0 Å². The molecule has 0 aliphatic rings. The van der Waals surface area contributed by atoms with Crippen LogP contribution in [0.1, 0.15) is 28.8 Å². The van der Waals surface area contributed by atoms with Crippen molar-refractivity contribution < 1.29 is 9.15 Å². The third-order valence-corrected chi connectivity index (χ3v) is 3.84. The van der Waals surface area contributed by atoms with Gasteiger partial charge < -0.3 is 14.5 Å². The van der Waals surface area contributed by atoms with E-state index in [1.54, 1.807) is 17.6 Å². The van der Waals surface area contributed by atoms with Crippen LogP contribution in [0.5, 0.6) is 0 Å². The Hall–Kier alpha value is -1.17. The number of furan rings is 1. The molecule has 0 bridgehead atoms. The molecule has 0 atom stereocenters. The van der Waals surface area contributed by atoms with Crippen molar-refractivity contribution in [3.63, 3.8) is 0 Å². The zero-order chi connectivity index (χ0) is 13.5. The molecule has 0 aliphatic heterocycles. The van der Waals surface area contributed by atoms with E-state index in [9.17, 15) is 0 Å². The number of ether oxygens (including phenoxy) is 1. The van der Waals surface area contributed by atoms with E-state index in [1.165, 1.54) is 10.4 Å². The summed E-state index contributed by atoms with van der Waals surface area (Å²) >= 11 is 1.69. The number of hydrogen-bond acceptors (Lipinski definition) is 5. The Bertz CT molecular complexity index is 493. The van der Waals surface area contributed by atoms with Gasteiger partial charge in [0.2, 0.25) is 0 Å². The summed E-state index contributed by atoms with van der Waals surface area (Å²) < 4.78 is 11.1. The molecule has 0 radical (unpaired) electrons. The number of thiazole rings is 1. The van der Waals surface area contributed by atoms with Gasteiger partial charge in [0.1, 0.15) is 12.4 Å². The molecule has 2 rings (SSSR count). The van der Waals surface area contributed by atoms with Gasteiger partial charge >= 0.3 is 0 Å². The lowest BCUT2D eigenvalue weighted by molar-refractivity contribution is 0.109. The highest BCUT2D eigenvalue weighted by molar-refractivity contribution is 7.09. The molecule has 19 heavy (non-hydrogen) atoms. The van der Waals surface area contributed by atoms with E-state index in [2.05, 4.69) is 17.2 Å². The van der Waals surface area contributed by atoms with E-state index in [1.807, 2.05) is 18.5 Å². The van der Waals surface area contributed by atoms with Crippen molar-refractivity contribution >= 4 is 11.3 Å². The highest BCUT2D eigenvalue weighted by atomic mass is 32.1. The fraction of sp³-hybridized carbons (Fsp3) is 0.500. The normalized spacial score (nSPS) is 11.1. The van der Waals surface area contributed by atoms with Crippen LogP contribution in [-0.2, 0) is 24.3 Å². The second kappa shape index (κ2) is 7.43. The molecule has 2 heterocycles. The molecule has 0 amide bonds. The Kier molecular flexibility index (Phi) is 5.57. The van der Waals surface area contributed by atoms with Crippen LogP contribution in [-0.4, -0.2) is 18.1 Å². The minimum atomic E-state index is 0.532. The second-order valence-corrected chi connectivity index (χ2v) is 5.30. The van der Waals surface area contributed by atoms with Crippen molar-refractivity contribution in [3.05, 3.63) is 39.7 Å². The first kappa shape index (κ1) is 14.2. The number of rotatable bonds is 8. The molecule has 4 nitrogen and oxygen atoms in total. The molecule has 0 spiro atoms. The molecule has 0 fully saturated rings. The highest BCUT2D eigenvalue weighted by Crippen LogP contribution is 2.13.